The van der Waals surface area contributed by atoms with E-state index in [2.05, 4.69) is 0 Å². The monoisotopic (exact) mass is 249 g/mol. The minimum atomic E-state index is -4.37. The molecule has 1 atom stereocenters. The summed E-state index contributed by atoms with van der Waals surface area (Å²) in [5.74, 6) is -8.32. The number of rotatable bonds is 5. The highest BCUT2D eigenvalue weighted by Gasteiger charge is 2.49. The summed E-state index contributed by atoms with van der Waals surface area (Å²) in [7, 11) is 0. The summed E-state index contributed by atoms with van der Waals surface area (Å²) in [6.45, 7) is 0. The van der Waals surface area contributed by atoms with Gasteiger partial charge in [0.2, 0.25) is 5.78 Å². The molecule has 3 N–H and O–H groups in total. The molecule has 0 aliphatic heterocycles. The molecule has 0 radical (unpaired) electrons. The van der Waals surface area contributed by atoms with E-state index in [9.17, 15) is 18.4 Å². The van der Waals surface area contributed by atoms with Gasteiger partial charge in [0, 0.05) is 0 Å². The molecule has 0 aromatic carbocycles. The zero-order valence-corrected chi connectivity index (χ0v) is 9.49. The molecular weight excluding hydrogens is 232 g/mol. The first-order chi connectivity index (χ1) is 7.85. The smallest absolute Gasteiger partial charge is 0.401 e. The topological polar surface area (TPSA) is 80.4 Å². The minimum absolute atomic E-state index is 0.154. The number of alkyl halides is 2. The molecule has 6 heteroatoms. The first-order valence-electron chi connectivity index (χ1n) is 5.76. The largest absolute Gasteiger partial charge is 0.476 e. The highest BCUT2D eigenvalue weighted by molar-refractivity contribution is 6.06. The molecule has 0 heterocycles. The molecule has 0 spiro atoms. The number of halogens is 2. The summed E-state index contributed by atoms with van der Waals surface area (Å²) in [4.78, 5) is 21.5. The predicted molar refractivity (Wildman–Crippen MR) is 56.8 cm³/mol. The third-order valence-electron chi connectivity index (χ3n) is 3.23. The average Bonchev–Trinajstić information content (AvgIpc) is 2.29. The van der Waals surface area contributed by atoms with Gasteiger partial charge in [-0.15, -0.1) is 0 Å². The van der Waals surface area contributed by atoms with Crippen LogP contribution in [0.4, 0.5) is 8.78 Å². The Labute approximate surface area is 98.2 Å². The van der Waals surface area contributed by atoms with Crippen molar-refractivity contribution in [2.45, 2.75) is 50.5 Å². The van der Waals surface area contributed by atoms with E-state index >= 15 is 0 Å². The van der Waals surface area contributed by atoms with Crippen molar-refractivity contribution >= 4 is 11.8 Å². The molecule has 4 nitrogen and oxygen atoms in total. The number of Topliss-reactive ketones (excluding diaryl/α,β-unsaturated/α-hetero) is 1. The van der Waals surface area contributed by atoms with Crippen LogP contribution in [0.1, 0.15) is 38.5 Å². The van der Waals surface area contributed by atoms with Gasteiger partial charge in [0.05, 0.1) is 6.04 Å². The molecule has 0 aromatic heterocycles. The van der Waals surface area contributed by atoms with Crippen LogP contribution < -0.4 is 5.73 Å². The first kappa shape index (κ1) is 14.0. The maximum atomic E-state index is 12.9. The second-order valence-electron chi connectivity index (χ2n) is 4.59. The maximum absolute atomic E-state index is 12.9. The molecule has 0 bridgehead atoms. The van der Waals surface area contributed by atoms with Crippen LogP contribution in [0, 0.1) is 5.92 Å². The third-order valence-corrected chi connectivity index (χ3v) is 3.23. The van der Waals surface area contributed by atoms with Crippen LogP contribution in [0.25, 0.3) is 0 Å². The van der Waals surface area contributed by atoms with Gasteiger partial charge in [-0.3, -0.25) is 4.79 Å². The first-order valence-corrected chi connectivity index (χ1v) is 5.76. The lowest BCUT2D eigenvalue weighted by molar-refractivity contribution is -0.172. The fourth-order valence-electron chi connectivity index (χ4n) is 2.23. The van der Waals surface area contributed by atoms with Crippen LogP contribution >= 0.6 is 0 Å². The van der Waals surface area contributed by atoms with Crippen LogP contribution in [0.5, 0.6) is 0 Å². The number of hydrogen-bond acceptors (Lipinski definition) is 3. The number of hydrogen-bond donors (Lipinski definition) is 2. The molecule has 1 aliphatic carbocycles. The van der Waals surface area contributed by atoms with Crippen molar-refractivity contribution in [2.75, 3.05) is 0 Å². The summed E-state index contributed by atoms with van der Waals surface area (Å²) in [6, 6.07) is -1.38. The van der Waals surface area contributed by atoms with E-state index in [1.807, 2.05) is 0 Å². The standard InChI is InChI=1S/C11H17F2NO3/c12-11(13,10(16)17)9(15)8(14)6-7-4-2-1-3-5-7/h7-8H,1-6,14H2,(H,16,17)/t8-/m0/s1. The van der Waals surface area contributed by atoms with Crippen molar-refractivity contribution < 1.29 is 23.5 Å². The Morgan fingerprint density at radius 2 is 1.82 bits per heavy atom. The minimum Gasteiger partial charge on any atom is -0.476 e. The molecular formula is C11H17F2NO3. The number of ketones is 1. The van der Waals surface area contributed by atoms with E-state index in [0.29, 0.717) is 0 Å². The number of carbonyl (C=O) groups is 2. The van der Waals surface area contributed by atoms with E-state index in [1.54, 1.807) is 0 Å². The number of carboxylic acid groups (broad SMARTS) is 1. The lowest BCUT2D eigenvalue weighted by atomic mass is 9.83. The number of carbonyl (C=O) groups excluding carboxylic acids is 1. The highest BCUT2D eigenvalue weighted by Crippen LogP contribution is 2.28. The van der Waals surface area contributed by atoms with Gasteiger partial charge in [-0.2, -0.15) is 8.78 Å². The van der Waals surface area contributed by atoms with Crippen molar-refractivity contribution in [3.05, 3.63) is 0 Å². The van der Waals surface area contributed by atoms with Crippen LogP contribution in [0.15, 0.2) is 0 Å². The Kier molecular flexibility index (Phi) is 4.56. The van der Waals surface area contributed by atoms with Crippen LogP contribution in [0.3, 0.4) is 0 Å². The molecule has 1 saturated carbocycles. The summed E-state index contributed by atoms with van der Waals surface area (Å²) < 4.78 is 25.8. The van der Waals surface area contributed by atoms with Gasteiger partial charge in [-0.05, 0) is 12.3 Å². The van der Waals surface area contributed by atoms with E-state index in [-0.39, 0.29) is 12.3 Å². The Balaban J connectivity index is 2.54. The molecule has 17 heavy (non-hydrogen) atoms. The van der Waals surface area contributed by atoms with Crippen molar-refractivity contribution in [1.82, 2.24) is 0 Å². The van der Waals surface area contributed by atoms with Gasteiger partial charge in [0.25, 0.3) is 0 Å². The number of nitrogens with two attached hydrogens (primary N) is 1. The maximum Gasteiger partial charge on any atom is 0.401 e. The molecule has 0 aromatic rings. The van der Waals surface area contributed by atoms with Gasteiger partial charge in [-0.25, -0.2) is 4.79 Å². The van der Waals surface area contributed by atoms with Gasteiger partial charge < -0.3 is 10.8 Å². The molecule has 0 unspecified atom stereocenters. The SMILES string of the molecule is N[C@@H](CC1CCCCC1)C(=O)C(F)(F)C(=O)O. The Morgan fingerprint density at radius 1 is 1.29 bits per heavy atom. The van der Waals surface area contributed by atoms with E-state index in [4.69, 9.17) is 10.8 Å². The van der Waals surface area contributed by atoms with Gasteiger partial charge >= 0.3 is 11.9 Å². The van der Waals surface area contributed by atoms with Gasteiger partial charge in [-0.1, -0.05) is 32.1 Å². The lowest BCUT2D eigenvalue weighted by Gasteiger charge is -2.24. The van der Waals surface area contributed by atoms with Gasteiger partial charge in [0.1, 0.15) is 0 Å². The second kappa shape index (κ2) is 5.53. The highest BCUT2D eigenvalue weighted by atomic mass is 19.3. The molecule has 1 rings (SSSR count). The zero-order chi connectivity index (χ0) is 13.1. The summed E-state index contributed by atoms with van der Waals surface area (Å²) in [5.41, 5.74) is 5.38. The fraction of sp³-hybridized carbons (Fsp3) is 0.818. The summed E-state index contributed by atoms with van der Waals surface area (Å²) >= 11 is 0. The van der Waals surface area contributed by atoms with E-state index in [1.165, 1.54) is 0 Å². The van der Waals surface area contributed by atoms with Crippen molar-refractivity contribution in [3.8, 4) is 0 Å². The number of carboxylic acids is 1. The van der Waals surface area contributed by atoms with Crippen LogP contribution in [-0.4, -0.2) is 28.8 Å². The van der Waals surface area contributed by atoms with E-state index < -0.39 is 23.7 Å². The normalized spacial score (nSPS) is 19.9. The Bertz CT molecular complexity index is 301. The molecule has 1 fully saturated rings. The predicted octanol–water partition coefficient (Wildman–Crippen LogP) is 1.57. The van der Waals surface area contributed by atoms with Crippen molar-refractivity contribution in [2.24, 2.45) is 11.7 Å². The van der Waals surface area contributed by atoms with E-state index in [0.717, 1.165) is 32.1 Å². The lowest BCUT2D eigenvalue weighted by Crippen LogP contribution is -2.48. The summed E-state index contributed by atoms with van der Waals surface area (Å²) in [6.07, 6.45) is 5.05. The second-order valence-corrected chi connectivity index (χ2v) is 4.59. The molecule has 98 valence electrons. The van der Waals surface area contributed by atoms with Gasteiger partial charge in [0.15, 0.2) is 0 Å². The molecule has 1 aliphatic rings. The Hall–Kier alpha value is -1.04. The third kappa shape index (κ3) is 3.46. The number of aliphatic carboxylic acids is 1. The Morgan fingerprint density at radius 3 is 2.29 bits per heavy atom. The molecule has 0 saturated heterocycles. The zero-order valence-electron chi connectivity index (χ0n) is 9.49. The average molecular weight is 249 g/mol. The van der Waals surface area contributed by atoms with Crippen LogP contribution in [-0.2, 0) is 9.59 Å². The van der Waals surface area contributed by atoms with Crippen molar-refractivity contribution in [1.29, 1.82) is 0 Å². The molecule has 0 amide bonds. The van der Waals surface area contributed by atoms with Crippen molar-refractivity contribution in [3.63, 3.8) is 0 Å². The fourth-order valence-corrected chi connectivity index (χ4v) is 2.23. The quantitative estimate of drug-likeness (QED) is 0.725. The summed E-state index contributed by atoms with van der Waals surface area (Å²) in [5, 5.41) is 8.24. The van der Waals surface area contributed by atoms with Crippen LogP contribution in [0.2, 0.25) is 0 Å².